The van der Waals surface area contributed by atoms with Gasteiger partial charge in [-0.1, -0.05) is 6.07 Å². The predicted octanol–water partition coefficient (Wildman–Crippen LogP) is 1.88. The van der Waals surface area contributed by atoms with E-state index in [0.29, 0.717) is 0 Å². The van der Waals surface area contributed by atoms with E-state index in [1.54, 1.807) is 0 Å². The van der Waals surface area contributed by atoms with Gasteiger partial charge in [0.15, 0.2) is 6.10 Å². The molecule has 2 amide bonds. The number of carbonyl (C=O) groups excluding carboxylic acids is 3. The fourth-order valence-electron chi connectivity index (χ4n) is 1.99. The van der Waals surface area contributed by atoms with E-state index < -0.39 is 28.8 Å². The molecular weight excluding hydrogens is 342 g/mol. The minimum atomic E-state index is -1.14. The lowest BCUT2D eigenvalue weighted by Crippen LogP contribution is -2.30. The second-order valence-corrected chi connectivity index (χ2v) is 5.29. The van der Waals surface area contributed by atoms with E-state index in [1.807, 2.05) is 0 Å². The molecule has 9 heteroatoms. The number of rotatable bonds is 6. The summed E-state index contributed by atoms with van der Waals surface area (Å²) in [4.78, 5) is 45.3. The highest BCUT2D eigenvalue weighted by Gasteiger charge is 2.20. The lowest BCUT2D eigenvalue weighted by molar-refractivity contribution is -0.384. The lowest BCUT2D eigenvalue weighted by Gasteiger charge is -2.13. The SMILES string of the molecule is CC(OC(=O)c1ccc(C(N)=O)cc1)C(=O)Nc1cccc([N+](=O)[O-])c1. The standard InChI is InChI=1S/C17H15N3O6/c1-10(16(22)19-13-3-2-4-14(9-13)20(24)25)26-17(23)12-7-5-11(6-8-12)15(18)21/h2-10H,1H3,(H2,18,21)(H,19,22). The Labute approximate surface area is 147 Å². The van der Waals surface area contributed by atoms with Crippen molar-refractivity contribution in [3.63, 3.8) is 0 Å². The third-order valence-electron chi connectivity index (χ3n) is 3.38. The zero-order valence-corrected chi connectivity index (χ0v) is 13.7. The average Bonchev–Trinajstić information content (AvgIpc) is 2.61. The molecule has 3 N–H and O–H groups in total. The summed E-state index contributed by atoms with van der Waals surface area (Å²) in [6.07, 6.45) is -1.14. The van der Waals surface area contributed by atoms with Crippen LogP contribution in [0.2, 0.25) is 0 Å². The predicted molar refractivity (Wildman–Crippen MR) is 91.6 cm³/mol. The van der Waals surface area contributed by atoms with Gasteiger partial charge in [-0.3, -0.25) is 19.7 Å². The van der Waals surface area contributed by atoms with Crippen LogP contribution >= 0.6 is 0 Å². The molecule has 0 fully saturated rings. The van der Waals surface area contributed by atoms with Crippen LogP contribution in [-0.2, 0) is 9.53 Å². The number of ether oxygens (including phenoxy) is 1. The molecule has 134 valence electrons. The van der Waals surface area contributed by atoms with Crippen LogP contribution in [-0.4, -0.2) is 28.8 Å². The van der Waals surface area contributed by atoms with Crippen molar-refractivity contribution >= 4 is 29.2 Å². The minimum Gasteiger partial charge on any atom is -0.449 e. The summed E-state index contributed by atoms with van der Waals surface area (Å²) in [7, 11) is 0. The van der Waals surface area contributed by atoms with Gasteiger partial charge in [-0.2, -0.15) is 0 Å². The van der Waals surface area contributed by atoms with Crippen LogP contribution in [0.4, 0.5) is 11.4 Å². The Morgan fingerprint density at radius 1 is 1.12 bits per heavy atom. The number of primary amides is 1. The summed E-state index contributed by atoms with van der Waals surface area (Å²) in [6, 6.07) is 10.8. The molecular formula is C17H15N3O6. The van der Waals surface area contributed by atoms with E-state index in [0.717, 1.165) is 0 Å². The largest absolute Gasteiger partial charge is 0.449 e. The van der Waals surface area contributed by atoms with E-state index >= 15 is 0 Å². The van der Waals surface area contributed by atoms with Gasteiger partial charge in [-0.05, 0) is 37.3 Å². The van der Waals surface area contributed by atoms with Gasteiger partial charge in [0, 0.05) is 23.4 Å². The van der Waals surface area contributed by atoms with Gasteiger partial charge < -0.3 is 15.8 Å². The molecule has 0 saturated heterocycles. The average molecular weight is 357 g/mol. The highest BCUT2D eigenvalue weighted by atomic mass is 16.6. The molecule has 0 aliphatic carbocycles. The van der Waals surface area contributed by atoms with Gasteiger partial charge in [0.1, 0.15) is 0 Å². The molecule has 9 nitrogen and oxygen atoms in total. The van der Waals surface area contributed by atoms with Gasteiger partial charge in [0.2, 0.25) is 5.91 Å². The maximum Gasteiger partial charge on any atom is 0.338 e. The highest BCUT2D eigenvalue weighted by molar-refractivity contribution is 5.98. The van der Waals surface area contributed by atoms with Crippen LogP contribution < -0.4 is 11.1 Å². The Hall–Kier alpha value is -3.75. The fourth-order valence-corrected chi connectivity index (χ4v) is 1.99. The number of nitrogens with one attached hydrogen (secondary N) is 1. The number of hydrogen-bond donors (Lipinski definition) is 2. The van der Waals surface area contributed by atoms with Crippen LogP contribution in [0.1, 0.15) is 27.6 Å². The van der Waals surface area contributed by atoms with Crippen LogP contribution in [0.15, 0.2) is 48.5 Å². The maximum atomic E-state index is 12.1. The van der Waals surface area contributed by atoms with E-state index in [9.17, 15) is 24.5 Å². The first-order valence-electron chi connectivity index (χ1n) is 7.44. The smallest absolute Gasteiger partial charge is 0.338 e. The number of nitro groups is 1. The molecule has 0 radical (unpaired) electrons. The van der Waals surface area contributed by atoms with Crippen molar-refractivity contribution in [1.82, 2.24) is 0 Å². The number of carbonyl (C=O) groups is 3. The van der Waals surface area contributed by atoms with Crippen LogP contribution in [0.3, 0.4) is 0 Å². The van der Waals surface area contributed by atoms with Gasteiger partial charge >= 0.3 is 5.97 Å². The van der Waals surface area contributed by atoms with Gasteiger partial charge in [-0.15, -0.1) is 0 Å². The van der Waals surface area contributed by atoms with E-state index in [1.165, 1.54) is 55.5 Å². The first kappa shape index (κ1) is 18.6. The van der Waals surface area contributed by atoms with Gasteiger partial charge in [-0.25, -0.2) is 4.79 Å². The Balaban J connectivity index is 1.99. The van der Waals surface area contributed by atoms with Crippen molar-refractivity contribution in [3.05, 3.63) is 69.8 Å². The molecule has 0 aliphatic heterocycles. The highest BCUT2D eigenvalue weighted by Crippen LogP contribution is 2.17. The number of esters is 1. The normalized spacial score (nSPS) is 11.3. The topological polar surface area (TPSA) is 142 Å². The zero-order valence-electron chi connectivity index (χ0n) is 13.7. The van der Waals surface area contributed by atoms with Crippen LogP contribution in [0.25, 0.3) is 0 Å². The van der Waals surface area contributed by atoms with Crippen molar-refractivity contribution < 1.29 is 24.0 Å². The number of hydrogen-bond acceptors (Lipinski definition) is 6. The number of nitrogens with zero attached hydrogens (tertiary/aromatic N) is 1. The monoisotopic (exact) mass is 357 g/mol. The van der Waals surface area contributed by atoms with Crippen molar-refractivity contribution in [2.24, 2.45) is 5.73 Å². The second-order valence-electron chi connectivity index (χ2n) is 5.29. The number of anilines is 1. The van der Waals surface area contributed by atoms with Crippen LogP contribution in [0, 0.1) is 10.1 Å². The summed E-state index contributed by atoms with van der Waals surface area (Å²) in [5.41, 5.74) is 5.52. The lowest BCUT2D eigenvalue weighted by atomic mass is 10.1. The fraction of sp³-hybridized carbons (Fsp3) is 0.118. The Kier molecular flexibility index (Phi) is 5.63. The summed E-state index contributed by atoms with van der Waals surface area (Å²) in [5.74, 6) is -2.04. The molecule has 0 aromatic heterocycles. The molecule has 0 saturated carbocycles. The Morgan fingerprint density at radius 2 is 1.73 bits per heavy atom. The van der Waals surface area contributed by atoms with E-state index in [2.05, 4.69) is 5.32 Å². The first-order chi connectivity index (χ1) is 12.3. The first-order valence-corrected chi connectivity index (χ1v) is 7.44. The quantitative estimate of drug-likeness (QED) is 0.459. The number of non-ortho nitro benzene ring substituents is 1. The van der Waals surface area contributed by atoms with E-state index in [4.69, 9.17) is 10.5 Å². The molecule has 0 heterocycles. The zero-order chi connectivity index (χ0) is 19.3. The molecule has 0 aliphatic rings. The molecule has 2 aromatic carbocycles. The molecule has 0 spiro atoms. The van der Waals surface area contributed by atoms with Crippen molar-refractivity contribution in [1.29, 1.82) is 0 Å². The Morgan fingerprint density at radius 3 is 2.31 bits per heavy atom. The van der Waals surface area contributed by atoms with Crippen molar-refractivity contribution in [3.8, 4) is 0 Å². The van der Waals surface area contributed by atoms with Crippen LogP contribution in [0.5, 0.6) is 0 Å². The molecule has 1 atom stereocenters. The molecule has 1 unspecified atom stereocenters. The Bertz CT molecular complexity index is 863. The summed E-state index contributed by atoms with van der Waals surface area (Å²) >= 11 is 0. The van der Waals surface area contributed by atoms with Gasteiger partial charge in [0.05, 0.1) is 10.5 Å². The molecule has 2 rings (SSSR count). The van der Waals surface area contributed by atoms with E-state index in [-0.39, 0.29) is 22.5 Å². The van der Waals surface area contributed by atoms with Crippen molar-refractivity contribution in [2.45, 2.75) is 13.0 Å². The minimum absolute atomic E-state index is 0.144. The number of nitro benzene ring substituents is 1. The third-order valence-corrected chi connectivity index (χ3v) is 3.38. The molecule has 2 aromatic rings. The third kappa shape index (κ3) is 4.63. The van der Waals surface area contributed by atoms with Gasteiger partial charge in [0.25, 0.3) is 11.6 Å². The molecule has 0 bridgehead atoms. The number of benzene rings is 2. The van der Waals surface area contributed by atoms with Crippen molar-refractivity contribution in [2.75, 3.05) is 5.32 Å². The number of amides is 2. The summed E-state index contributed by atoms with van der Waals surface area (Å²) in [6.45, 7) is 1.36. The number of nitrogens with two attached hydrogens (primary N) is 1. The second kappa shape index (κ2) is 7.88. The summed E-state index contributed by atoms with van der Waals surface area (Å²) in [5, 5.41) is 13.2. The molecule has 26 heavy (non-hydrogen) atoms. The summed E-state index contributed by atoms with van der Waals surface area (Å²) < 4.78 is 5.05. The maximum absolute atomic E-state index is 12.1.